The highest BCUT2D eigenvalue weighted by molar-refractivity contribution is 7.87. The SMILES string of the molecule is COc1cc(F)cc(NS(=O)C(C)(C)C)c1. The zero-order valence-corrected chi connectivity index (χ0v) is 10.7. The molecular weight excluding hydrogens is 229 g/mol. The third-order valence-electron chi connectivity index (χ3n) is 1.87. The van der Waals surface area contributed by atoms with Gasteiger partial charge in [0.25, 0.3) is 0 Å². The van der Waals surface area contributed by atoms with Gasteiger partial charge in [0.05, 0.1) is 17.5 Å². The summed E-state index contributed by atoms with van der Waals surface area (Å²) in [5.41, 5.74) is 0.449. The quantitative estimate of drug-likeness (QED) is 0.889. The molecule has 1 atom stereocenters. The van der Waals surface area contributed by atoms with Crippen LogP contribution in [-0.4, -0.2) is 16.1 Å². The lowest BCUT2D eigenvalue weighted by Crippen LogP contribution is -2.27. The maximum atomic E-state index is 13.1. The lowest BCUT2D eigenvalue weighted by atomic mass is 10.3. The predicted molar refractivity (Wildman–Crippen MR) is 64.5 cm³/mol. The predicted octanol–water partition coefficient (Wildman–Crippen LogP) is 2.71. The summed E-state index contributed by atoms with van der Waals surface area (Å²) in [6.07, 6.45) is 0. The molecule has 1 aromatic rings. The fraction of sp³-hybridized carbons (Fsp3) is 0.455. The van der Waals surface area contributed by atoms with E-state index < -0.39 is 21.5 Å². The van der Waals surface area contributed by atoms with Gasteiger partial charge in [0.15, 0.2) is 0 Å². The normalized spacial score (nSPS) is 13.3. The Hall–Kier alpha value is -1.10. The van der Waals surface area contributed by atoms with Crippen molar-refractivity contribution in [2.75, 3.05) is 11.8 Å². The molecule has 0 aliphatic carbocycles. The van der Waals surface area contributed by atoms with E-state index in [1.165, 1.54) is 19.2 Å². The van der Waals surface area contributed by atoms with E-state index in [0.717, 1.165) is 0 Å². The second-order valence-corrected chi connectivity index (χ2v) is 6.33. The van der Waals surface area contributed by atoms with Crippen LogP contribution in [0.4, 0.5) is 10.1 Å². The average molecular weight is 245 g/mol. The Morgan fingerprint density at radius 3 is 2.44 bits per heavy atom. The van der Waals surface area contributed by atoms with E-state index in [1.807, 2.05) is 20.8 Å². The highest BCUT2D eigenvalue weighted by atomic mass is 32.2. The van der Waals surface area contributed by atoms with Crippen LogP contribution in [0, 0.1) is 5.82 Å². The number of benzene rings is 1. The van der Waals surface area contributed by atoms with Crippen LogP contribution in [0.1, 0.15) is 20.8 Å². The smallest absolute Gasteiger partial charge is 0.128 e. The van der Waals surface area contributed by atoms with Crippen LogP contribution < -0.4 is 9.46 Å². The summed E-state index contributed by atoms with van der Waals surface area (Å²) in [4.78, 5) is 0. The molecule has 0 spiro atoms. The first-order valence-corrected chi connectivity index (χ1v) is 6.01. The minimum atomic E-state index is -1.28. The molecule has 0 heterocycles. The molecule has 0 amide bonds. The largest absolute Gasteiger partial charge is 0.497 e. The van der Waals surface area contributed by atoms with Gasteiger partial charge in [-0.2, -0.15) is 0 Å². The minimum Gasteiger partial charge on any atom is -0.497 e. The van der Waals surface area contributed by atoms with Gasteiger partial charge in [-0.3, -0.25) is 0 Å². The van der Waals surface area contributed by atoms with E-state index in [0.29, 0.717) is 11.4 Å². The standard InChI is InChI=1S/C11H16FNO2S/c1-11(2,3)16(14)13-9-5-8(12)6-10(7-9)15-4/h5-7,13H,1-4H3. The lowest BCUT2D eigenvalue weighted by Gasteiger charge is -2.19. The first kappa shape index (κ1) is 13.0. The molecule has 0 radical (unpaired) electrons. The lowest BCUT2D eigenvalue weighted by molar-refractivity contribution is 0.411. The molecule has 1 aromatic carbocycles. The first-order chi connectivity index (χ1) is 7.32. The zero-order chi connectivity index (χ0) is 12.3. The number of halogens is 1. The van der Waals surface area contributed by atoms with Gasteiger partial charge >= 0.3 is 0 Å². The molecule has 1 unspecified atom stereocenters. The van der Waals surface area contributed by atoms with Gasteiger partial charge in [-0.1, -0.05) is 0 Å². The summed E-state index contributed by atoms with van der Waals surface area (Å²) >= 11 is 0. The number of hydrogen-bond donors (Lipinski definition) is 1. The summed E-state index contributed by atoms with van der Waals surface area (Å²) in [5, 5.41) is 0. The maximum Gasteiger partial charge on any atom is 0.128 e. The Morgan fingerprint density at radius 1 is 1.31 bits per heavy atom. The molecular formula is C11H16FNO2S. The Balaban J connectivity index is 2.89. The third-order valence-corrected chi connectivity index (χ3v) is 3.41. The molecule has 90 valence electrons. The molecule has 0 aromatic heterocycles. The van der Waals surface area contributed by atoms with Crippen LogP contribution in [-0.2, 0) is 11.0 Å². The highest BCUT2D eigenvalue weighted by Gasteiger charge is 2.19. The second-order valence-electron chi connectivity index (χ2n) is 4.36. The molecule has 1 rings (SSSR count). The molecule has 0 saturated carbocycles. The molecule has 0 aliphatic rings. The number of anilines is 1. The summed E-state index contributed by atoms with van der Waals surface area (Å²) in [6, 6.07) is 4.16. The van der Waals surface area contributed by atoms with Crippen molar-refractivity contribution in [1.29, 1.82) is 0 Å². The van der Waals surface area contributed by atoms with Crippen LogP contribution >= 0.6 is 0 Å². The number of nitrogens with one attached hydrogen (secondary N) is 1. The average Bonchev–Trinajstić information content (AvgIpc) is 2.15. The van der Waals surface area contributed by atoms with Crippen LogP contribution in [0.5, 0.6) is 5.75 Å². The van der Waals surface area contributed by atoms with Crippen molar-refractivity contribution in [1.82, 2.24) is 0 Å². The van der Waals surface area contributed by atoms with E-state index in [2.05, 4.69) is 4.72 Å². The molecule has 1 N–H and O–H groups in total. The van der Waals surface area contributed by atoms with E-state index in [1.54, 1.807) is 6.07 Å². The van der Waals surface area contributed by atoms with E-state index >= 15 is 0 Å². The van der Waals surface area contributed by atoms with Crippen LogP contribution in [0.15, 0.2) is 18.2 Å². The van der Waals surface area contributed by atoms with Crippen molar-refractivity contribution in [3.63, 3.8) is 0 Å². The topological polar surface area (TPSA) is 38.3 Å². The molecule has 16 heavy (non-hydrogen) atoms. The van der Waals surface area contributed by atoms with Gasteiger partial charge in [-0.25, -0.2) is 8.60 Å². The van der Waals surface area contributed by atoms with Crippen LogP contribution in [0.25, 0.3) is 0 Å². The van der Waals surface area contributed by atoms with Gasteiger partial charge < -0.3 is 9.46 Å². The summed E-state index contributed by atoms with van der Waals surface area (Å²) < 4.78 is 32.2. The number of methoxy groups -OCH3 is 1. The van der Waals surface area contributed by atoms with Crippen LogP contribution in [0.2, 0.25) is 0 Å². The first-order valence-electron chi connectivity index (χ1n) is 4.86. The summed E-state index contributed by atoms with van der Waals surface area (Å²) in [6.45, 7) is 5.52. The molecule has 3 nitrogen and oxygen atoms in total. The Morgan fingerprint density at radius 2 is 1.94 bits per heavy atom. The fourth-order valence-electron chi connectivity index (χ4n) is 1.000. The van der Waals surface area contributed by atoms with Gasteiger partial charge in [-0.05, 0) is 26.8 Å². The van der Waals surface area contributed by atoms with E-state index in [-0.39, 0.29) is 0 Å². The Kier molecular flexibility index (Phi) is 3.91. The minimum absolute atomic E-state index is 0.397. The van der Waals surface area contributed by atoms with Crippen molar-refractivity contribution in [2.45, 2.75) is 25.5 Å². The van der Waals surface area contributed by atoms with Gasteiger partial charge in [0, 0.05) is 12.1 Å². The highest BCUT2D eigenvalue weighted by Crippen LogP contribution is 2.22. The molecule has 0 saturated heterocycles. The van der Waals surface area contributed by atoms with Gasteiger partial charge in [-0.15, -0.1) is 0 Å². The third kappa shape index (κ3) is 3.48. The van der Waals surface area contributed by atoms with Gasteiger partial charge in [0.1, 0.15) is 22.6 Å². The van der Waals surface area contributed by atoms with Crippen molar-refractivity contribution >= 4 is 16.7 Å². The van der Waals surface area contributed by atoms with Crippen LogP contribution in [0.3, 0.4) is 0 Å². The molecule has 0 fully saturated rings. The van der Waals surface area contributed by atoms with Crippen molar-refractivity contribution < 1.29 is 13.3 Å². The number of rotatable bonds is 3. The second kappa shape index (κ2) is 4.82. The number of ether oxygens (including phenoxy) is 1. The Labute approximate surface area is 97.6 Å². The Bertz CT molecular complexity index is 401. The van der Waals surface area contributed by atoms with Crippen molar-refractivity contribution in [3.8, 4) is 5.75 Å². The molecule has 5 heteroatoms. The van der Waals surface area contributed by atoms with E-state index in [4.69, 9.17) is 4.74 Å². The monoisotopic (exact) mass is 245 g/mol. The van der Waals surface area contributed by atoms with Crippen molar-refractivity contribution in [3.05, 3.63) is 24.0 Å². The van der Waals surface area contributed by atoms with Gasteiger partial charge in [0.2, 0.25) is 0 Å². The molecule has 0 bridgehead atoms. The molecule has 0 aliphatic heterocycles. The zero-order valence-electron chi connectivity index (χ0n) is 9.83. The van der Waals surface area contributed by atoms with E-state index in [9.17, 15) is 8.60 Å². The maximum absolute atomic E-state index is 13.1. The summed E-state index contributed by atoms with van der Waals surface area (Å²) in [7, 11) is 0.179. The van der Waals surface area contributed by atoms with Crippen molar-refractivity contribution in [2.24, 2.45) is 0 Å². The fourth-order valence-corrected chi connectivity index (χ4v) is 1.64. The summed E-state index contributed by atoms with van der Waals surface area (Å²) in [5.74, 6) is -0.0267. The number of hydrogen-bond acceptors (Lipinski definition) is 2.